The Morgan fingerprint density at radius 3 is 3.00 bits per heavy atom. The molecule has 8 nitrogen and oxygen atoms in total. The summed E-state index contributed by atoms with van der Waals surface area (Å²) >= 11 is 0. The van der Waals surface area contributed by atoms with Crippen LogP contribution in [0.4, 0.5) is 4.79 Å². The van der Waals surface area contributed by atoms with E-state index in [1.54, 1.807) is 4.57 Å². The van der Waals surface area contributed by atoms with Crippen LogP contribution in [-0.2, 0) is 11.3 Å². The van der Waals surface area contributed by atoms with Gasteiger partial charge in [-0.3, -0.25) is 0 Å². The van der Waals surface area contributed by atoms with Crippen molar-refractivity contribution in [3.05, 3.63) is 18.2 Å². The molecule has 0 bridgehead atoms. The van der Waals surface area contributed by atoms with Gasteiger partial charge in [-0.05, 0) is 6.42 Å². The molecule has 2 rings (SSSR count). The molecule has 1 fully saturated rings. The number of imidazole rings is 1. The number of amides is 2. The summed E-state index contributed by atoms with van der Waals surface area (Å²) in [6, 6.07) is -0.226. The summed E-state index contributed by atoms with van der Waals surface area (Å²) in [6.45, 7) is 2.95. The number of ether oxygens (including phenoxy) is 1. The molecule has 20 heavy (non-hydrogen) atoms. The molecule has 1 aromatic heterocycles. The van der Waals surface area contributed by atoms with Crippen molar-refractivity contribution in [1.29, 1.82) is 0 Å². The Morgan fingerprint density at radius 2 is 2.35 bits per heavy atom. The van der Waals surface area contributed by atoms with Crippen molar-refractivity contribution in [3.8, 4) is 0 Å². The molecule has 1 aromatic rings. The van der Waals surface area contributed by atoms with E-state index in [4.69, 9.17) is 9.84 Å². The predicted octanol–water partition coefficient (Wildman–Crippen LogP) is -0.0830. The number of carbonyl (C=O) groups is 2. The average Bonchev–Trinajstić information content (AvgIpc) is 3.07. The van der Waals surface area contributed by atoms with E-state index in [9.17, 15) is 9.59 Å². The monoisotopic (exact) mass is 282 g/mol. The minimum atomic E-state index is -1.06. The Hall–Kier alpha value is -2.09. The van der Waals surface area contributed by atoms with Crippen LogP contribution in [0.3, 0.4) is 0 Å². The Balaban J connectivity index is 1.61. The molecule has 1 unspecified atom stereocenters. The third kappa shape index (κ3) is 4.23. The second kappa shape index (κ2) is 6.90. The Bertz CT molecular complexity index is 468. The second-order valence-electron chi connectivity index (χ2n) is 4.67. The average molecular weight is 282 g/mol. The first-order valence-electron chi connectivity index (χ1n) is 6.49. The van der Waals surface area contributed by atoms with Crippen LogP contribution in [0.1, 0.15) is 16.9 Å². The van der Waals surface area contributed by atoms with Crippen LogP contribution in [0, 0.1) is 5.92 Å². The number of aromatic nitrogens is 2. The van der Waals surface area contributed by atoms with Gasteiger partial charge in [-0.2, -0.15) is 0 Å². The number of nitrogens with zero attached hydrogens (tertiary/aromatic N) is 2. The molecule has 0 saturated carbocycles. The zero-order chi connectivity index (χ0) is 14.4. The molecule has 3 N–H and O–H groups in total. The molecular formula is C12H18N4O4. The molecule has 1 saturated heterocycles. The molecule has 2 heterocycles. The van der Waals surface area contributed by atoms with Gasteiger partial charge in [0.05, 0.1) is 12.9 Å². The van der Waals surface area contributed by atoms with Gasteiger partial charge in [0.25, 0.3) is 0 Å². The third-order valence-corrected chi connectivity index (χ3v) is 3.08. The predicted molar refractivity (Wildman–Crippen MR) is 69.5 cm³/mol. The van der Waals surface area contributed by atoms with Crippen LogP contribution < -0.4 is 10.6 Å². The van der Waals surface area contributed by atoms with Gasteiger partial charge in [-0.25, -0.2) is 14.6 Å². The van der Waals surface area contributed by atoms with Gasteiger partial charge in [0.2, 0.25) is 0 Å². The molecule has 1 aliphatic rings. The molecule has 2 amide bonds. The highest BCUT2D eigenvalue weighted by Gasteiger charge is 2.16. The lowest BCUT2D eigenvalue weighted by molar-refractivity contribution is 0.0691. The Labute approximate surface area is 116 Å². The summed E-state index contributed by atoms with van der Waals surface area (Å²) in [5.74, 6) is -0.666. The van der Waals surface area contributed by atoms with Crippen LogP contribution in [0.15, 0.2) is 12.5 Å². The minimum Gasteiger partial charge on any atom is -0.476 e. The summed E-state index contributed by atoms with van der Waals surface area (Å²) in [5.41, 5.74) is -0.00400. The van der Waals surface area contributed by atoms with Crippen molar-refractivity contribution in [2.24, 2.45) is 5.92 Å². The van der Waals surface area contributed by atoms with Gasteiger partial charge >= 0.3 is 12.0 Å². The molecule has 0 aliphatic carbocycles. The number of hydrogen-bond donors (Lipinski definition) is 3. The normalized spacial score (nSPS) is 17.9. The topological polar surface area (TPSA) is 105 Å². The van der Waals surface area contributed by atoms with Crippen molar-refractivity contribution >= 4 is 12.0 Å². The smallest absolute Gasteiger partial charge is 0.356 e. The molecule has 0 spiro atoms. The van der Waals surface area contributed by atoms with Crippen molar-refractivity contribution in [3.63, 3.8) is 0 Å². The summed E-state index contributed by atoms with van der Waals surface area (Å²) < 4.78 is 6.84. The molecule has 110 valence electrons. The van der Waals surface area contributed by atoms with Crippen molar-refractivity contribution < 1.29 is 19.4 Å². The van der Waals surface area contributed by atoms with E-state index in [-0.39, 0.29) is 11.7 Å². The number of nitrogens with one attached hydrogen (secondary N) is 2. The van der Waals surface area contributed by atoms with Crippen molar-refractivity contribution in [2.45, 2.75) is 13.0 Å². The van der Waals surface area contributed by atoms with E-state index in [0.29, 0.717) is 32.2 Å². The lowest BCUT2D eigenvalue weighted by Gasteiger charge is -2.10. The van der Waals surface area contributed by atoms with Crippen LogP contribution in [-0.4, -0.2) is 53.0 Å². The fourth-order valence-corrected chi connectivity index (χ4v) is 1.94. The minimum absolute atomic E-state index is 0.00400. The van der Waals surface area contributed by atoms with Gasteiger partial charge in [-0.1, -0.05) is 0 Å². The highest BCUT2D eigenvalue weighted by atomic mass is 16.5. The number of carboxylic acid groups (broad SMARTS) is 1. The van der Waals surface area contributed by atoms with Gasteiger partial charge < -0.3 is 25.0 Å². The molecule has 8 heteroatoms. The fraction of sp³-hybridized carbons (Fsp3) is 0.583. The van der Waals surface area contributed by atoms with E-state index >= 15 is 0 Å². The van der Waals surface area contributed by atoms with Crippen LogP contribution >= 0.6 is 0 Å². The molecule has 0 radical (unpaired) electrons. The summed E-state index contributed by atoms with van der Waals surface area (Å²) in [4.78, 5) is 25.9. The largest absolute Gasteiger partial charge is 0.476 e. The highest BCUT2D eigenvalue weighted by Crippen LogP contribution is 2.10. The van der Waals surface area contributed by atoms with Gasteiger partial charge in [0.15, 0.2) is 5.69 Å². The van der Waals surface area contributed by atoms with Gasteiger partial charge in [-0.15, -0.1) is 0 Å². The first-order valence-corrected chi connectivity index (χ1v) is 6.49. The second-order valence-corrected chi connectivity index (χ2v) is 4.67. The van der Waals surface area contributed by atoms with E-state index in [2.05, 4.69) is 15.6 Å². The molecule has 1 atom stereocenters. The summed E-state index contributed by atoms with van der Waals surface area (Å²) in [6.07, 6.45) is 3.84. The van der Waals surface area contributed by atoms with Crippen LogP contribution in [0.2, 0.25) is 0 Å². The standard InChI is InChI=1S/C12H18N4O4/c17-11(18)10-6-16(8-15-10)3-2-13-12(19)14-5-9-1-4-20-7-9/h6,8-9H,1-5,7H2,(H,17,18)(H2,13,14,19). The maximum absolute atomic E-state index is 11.5. The van der Waals surface area contributed by atoms with Gasteiger partial charge in [0, 0.05) is 38.4 Å². The zero-order valence-corrected chi connectivity index (χ0v) is 11.0. The molecule has 0 aromatic carbocycles. The summed E-state index contributed by atoms with van der Waals surface area (Å²) in [7, 11) is 0. The highest BCUT2D eigenvalue weighted by molar-refractivity contribution is 5.84. The first kappa shape index (κ1) is 14.3. The number of rotatable bonds is 6. The van der Waals surface area contributed by atoms with Crippen molar-refractivity contribution in [2.75, 3.05) is 26.3 Å². The zero-order valence-electron chi connectivity index (χ0n) is 11.0. The molecular weight excluding hydrogens is 264 g/mol. The van der Waals surface area contributed by atoms with Crippen molar-refractivity contribution in [1.82, 2.24) is 20.2 Å². The fourth-order valence-electron chi connectivity index (χ4n) is 1.94. The number of carboxylic acids is 1. The van der Waals surface area contributed by atoms with Crippen LogP contribution in [0.25, 0.3) is 0 Å². The number of aromatic carboxylic acids is 1. The maximum Gasteiger partial charge on any atom is 0.356 e. The van der Waals surface area contributed by atoms with E-state index in [1.807, 2.05) is 0 Å². The number of carbonyl (C=O) groups excluding carboxylic acids is 1. The van der Waals surface area contributed by atoms with E-state index in [0.717, 1.165) is 13.0 Å². The number of hydrogen-bond acceptors (Lipinski definition) is 4. The Kier molecular flexibility index (Phi) is 4.94. The van der Waals surface area contributed by atoms with E-state index in [1.165, 1.54) is 12.5 Å². The SMILES string of the molecule is O=C(NCCn1cnc(C(=O)O)c1)NCC1CCOC1. The summed E-state index contributed by atoms with van der Waals surface area (Å²) in [5, 5.41) is 14.2. The van der Waals surface area contributed by atoms with Crippen LogP contribution in [0.5, 0.6) is 0 Å². The lowest BCUT2D eigenvalue weighted by atomic mass is 10.1. The first-order chi connectivity index (χ1) is 9.65. The lowest BCUT2D eigenvalue weighted by Crippen LogP contribution is -2.39. The Morgan fingerprint density at radius 1 is 1.50 bits per heavy atom. The quantitative estimate of drug-likeness (QED) is 0.676. The van der Waals surface area contributed by atoms with E-state index < -0.39 is 5.97 Å². The van der Waals surface area contributed by atoms with Gasteiger partial charge in [0.1, 0.15) is 0 Å². The maximum atomic E-state index is 11.5. The third-order valence-electron chi connectivity index (χ3n) is 3.08. The number of urea groups is 1. The molecule has 1 aliphatic heterocycles.